The minimum atomic E-state index is 0.221. The fourth-order valence-electron chi connectivity index (χ4n) is 2.31. The van der Waals surface area contributed by atoms with Crippen LogP contribution in [0.3, 0.4) is 0 Å². The summed E-state index contributed by atoms with van der Waals surface area (Å²) in [4.78, 5) is 2.33. The zero-order chi connectivity index (χ0) is 13.5. The second-order valence-corrected chi connectivity index (χ2v) is 4.87. The average Bonchev–Trinajstić information content (AvgIpc) is 2.38. The van der Waals surface area contributed by atoms with Crippen LogP contribution in [0.1, 0.15) is 19.3 Å². The third-order valence-corrected chi connectivity index (χ3v) is 3.68. The van der Waals surface area contributed by atoms with Crippen molar-refractivity contribution >= 4 is 0 Å². The summed E-state index contributed by atoms with van der Waals surface area (Å²) in [6.45, 7) is 2.50. The van der Waals surface area contributed by atoms with Crippen molar-refractivity contribution in [3.05, 3.63) is 24.3 Å². The first-order chi connectivity index (χ1) is 9.33. The van der Waals surface area contributed by atoms with Crippen molar-refractivity contribution < 1.29 is 14.6 Å². The van der Waals surface area contributed by atoms with Crippen molar-refractivity contribution in [2.45, 2.75) is 25.3 Å². The van der Waals surface area contributed by atoms with Gasteiger partial charge >= 0.3 is 0 Å². The molecule has 1 aromatic rings. The first-order valence-electron chi connectivity index (χ1n) is 6.95. The largest absolute Gasteiger partial charge is 0.497 e. The Labute approximate surface area is 114 Å². The van der Waals surface area contributed by atoms with Crippen molar-refractivity contribution in [3.8, 4) is 11.5 Å². The van der Waals surface area contributed by atoms with Gasteiger partial charge in [-0.1, -0.05) is 6.42 Å². The number of methoxy groups -OCH3 is 1. The van der Waals surface area contributed by atoms with Gasteiger partial charge in [-0.05, 0) is 37.1 Å². The Balaban J connectivity index is 1.74. The van der Waals surface area contributed by atoms with Gasteiger partial charge in [-0.15, -0.1) is 0 Å². The van der Waals surface area contributed by atoms with Crippen molar-refractivity contribution in [1.29, 1.82) is 0 Å². The van der Waals surface area contributed by atoms with Gasteiger partial charge in [-0.2, -0.15) is 0 Å². The number of nitrogens with zero attached hydrogens (tertiary/aromatic N) is 1. The van der Waals surface area contributed by atoms with E-state index in [0.717, 1.165) is 24.6 Å². The maximum atomic E-state index is 9.08. The molecule has 4 nitrogen and oxygen atoms in total. The highest BCUT2D eigenvalue weighted by Crippen LogP contribution is 2.24. The van der Waals surface area contributed by atoms with Gasteiger partial charge in [0.1, 0.15) is 18.1 Å². The summed E-state index contributed by atoms with van der Waals surface area (Å²) in [5, 5.41) is 9.08. The van der Waals surface area contributed by atoms with E-state index < -0.39 is 0 Å². The predicted molar refractivity (Wildman–Crippen MR) is 74.8 cm³/mol. The van der Waals surface area contributed by atoms with E-state index in [4.69, 9.17) is 14.6 Å². The molecule has 1 aliphatic carbocycles. The molecule has 0 aromatic heterocycles. The van der Waals surface area contributed by atoms with E-state index in [9.17, 15) is 0 Å². The second kappa shape index (κ2) is 7.36. The van der Waals surface area contributed by atoms with Gasteiger partial charge in [0.25, 0.3) is 0 Å². The molecule has 0 spiro atoms. The fraction of sp³-hybridized carbons (Fsp3) is 0.600. The number of aliphatic hydroxyl groups is 1. The van der Waals surface area contributed by atoms with Crippen LogP contribution in [-0.4, -0.2) is 49.5 Å². The van der Waals surface area contributed by atoms with Crippen LogP contribution < -0.4 is 9.47 Å². The topological polar surface area (TPSA) is 41.9 Å². The summed E-state index contributed by atoms with van der Waals surface area (Å²) >= 11 is 0. The summed E-state index contributed by atoms with van der Waals surface area (Å²) in [5.74, 6) is 1.70. The molecule has 106 valence electrons. The number of rotatable bonds is 8. The molecule has 1 fully saturated rings. The van der Waals surface area contributed by atoms with Crippen molar-refractivity contribution in [2.75, 3.05) is 33.4 Å². The zero-order valence-corrected chi connectivity index (χ0v) is 11.5. The van der Waals surface area contributed by atoms with Crippen LogP contribution in [0.25, 0.3) is 0 Å². The molecule has 1 aromatic carbocycles. The van der Waals surface area contributed by atoms with E-state index in [0.29, 0.717) is 12.6 Å². The van der Waals surface area contributed by atoms with E-state index in [1.54, 1.807) is 7.11 Å². The zero-order valence-electron chi connectivity index (χ0n) is 11.5. The van der Waals surface area contributed by atoms with E-state index >= 15 is 0 Å². The molecule has 1 saturated carbocycles. The highest BCUT2D eigenvalue weighted by Gasteiger charge is 2.24. The Morgan fingerprint density at radius 3 is 2.37 bits per heavy atom. The lowest BCUT2D eigenvalue weighted by Gasteiger charge is -2.37. The highest BCUT2D eigenvalue weighted by molar-refractivity contribution is 5.31. The molecule has 0 bridgehead atoms. The molecule has 0 amide bonds. The standard InChI is InChI=1S/C15H23NO3/c1-18-14-5-7-15(8-6-14)19-12-10-16(9-11-17)13-3-2-4-13/h5-8,13,17H,2-4,9-12H2,1H3. The maximum absolute atomic E-state index is 9.08. The lowest BCUT2D eigenvalue weighted by Crippen LogP contribution is -2.43. The number of ether oxygens (including phenoxy) is 2. The van der Waals surface area contributed by atoms with Crippen LogP contribution in [0.4, 0.5) is 0 Å². The summed E-state index contributed by atoms with van der Waals surface area (Å²) in [6, 6.07) is 8.27. The number of aliphatic hydroxyl groups excluding tert-OH is 1. The second-order valence-electron chi connectivity index (χ2n) is 4.87. The van der Waals surface area contributed by atoms with Crippen LogP contribution in [-0.2, 0) is 0 Å². The fourth-order valence-corrected chi connectivity index (χ4v) is 2.31. The Hall–Kier alpha value is -1.26. The van der Waals surface area contributed by atoms with E-state index in [-0.39, 0.29) is 6.61 Å². The first-order valence-corrected chi connectivity index (χ1v) is 6.95. The molecule has 4 heteroatoms. The lowest BCUT2D eigenvalue weighted by molar-refractivity contribution is 0.0860. The SMILES string of the molecule is COc1ccc(OCCN(CCO)C2CCC2)cc1. The quantitative estimate of drug-likeness (QED) is 0.780. The normalized spacial score (nSPS) is 15.3. The Kier molecular flexibility index (Phi) is 5.48. The minimum Gasteiger partial charge on any atom is -0.497 e. The van der Waals surface area contributed by atoms with Crippen LogP contribution in [0.15, 0.2) is 24.3 Å². The summed E-state index contributed by atoms with van der Waals surface area (Å²) in [7, 11) is 1.65. The van der Waals surface area contributed by atoms with Crippen molar-refractivity contribution in [3.63, 3.8) is 0 Å². The lowest BCUT2D eigenvalue weighted by atomic mass is 9.91. The third-order valence-electron chi connectivity index (χ3n) is 3.68. The molecule has 1 N–H and O–H groups in total. The number of hydrogen-bond donors (Lipinski definition) is 1. The third kappa shape index (κ3) is 4.11. The number of hydrogen-bond acceptors (Lipinski definition) is 4. The van der Waals surface area contributed by atoms with Crippen LogP contribution in [0.2, 0.25) is 0 Å². The predicted octanol–water partition coefficient (Wildman–Crippen LogP) is 1.92. The Bertz CT molecular complexity index is 362. The van der Waals surface area contributed by atoms with Gasteiger partial charge in [-0.25, -0.2) is 0 Å². The Morgan fingerprint density at radius 2 is 1.84 bits per heavy atom. The van der Waals surface area contributed by atoms with E-state index in [2.05, 4.69) is 4.90 Å². The summed E-state index contributed by atoms with van der Waals surface area (Å²) in [6.07, 6.45) is 3.82. The maximum Gasteiger partial charge on any atom is 0.119 e. The molecule has 0 saturated heterocycles. The van der Waals surface area contributed by atoms with Crippen molar-refractivity contribution in [2.24, 2.45) is 0 Å². The summed E-state index contributed by atoms with van der Waals surface area (Å²) < 4.78 is 10.8. The van der Waals surface area contributed by atoms with Gasteiger partial charge in [0.05, 0.1) is 13.7 Å². The highest BCUT2D eigenvalue weighted by atomic mass is 16.5. The summed E-state index contributed by atoms with van der Waals surface area (Å²) in [5.41, 5.74) is 0. The average molecular weight is 265 g/mol. The molecule has 0 radical (unpaired) electrons. The molecule has 1 aliphatic rings. The van der Waals surface area contributed by atoms with Crippen LogP contribution in [0.5, 0.6) is 11.5 Å². The van der Waals surface area contributed by atoms with Gasteiger partial charge < -0.3 is 14.6 Å². The van der Waals surface area contributed by atoms with Gasteiger partial charge in [0.15, 0.2) is 0 Å². The van der Waals surface area contributed by atoms with Gasteiger partial charge in [0, 0.05) is 19.1 Å². The van der Waals surface area contributed by atoms with E-state index in [1.165, 1.54) is 19.3 Å². The number of benzene rings is 1. The molecule has 0 atom stereocenters. The molecule has 0 unspecified atom stereocenters. The van der Waals surface area contributed by atoms with Crippen LogP contribution in [0, 0.1) is 0 Å². The van der Waals surface area contributed by atoms with E-state index in [1.807, 2.05) is 24.3 Å². The van der Waals surface area contributed by atoms with Gasteiger partial charge in [0.2, 0.25) is 0 Å². The smallest absolute Gasteiger partial charge is 0.119 e. The van der Waals surface area contributed by atoms with Crippen molar-refractivity contribution in [1.82, 2.24) is 4.90 Å². The first kappa shape index (κ1) is 14.2. The molecule has 2 rings (SSSR count). The van der Waals surface area contributed by atoms with Crippen LogP contribution >= 0.6 is 0 Å². The molecule has 0 aliphatic heterocycles. The molecule has 0 heterocycles. The molecular formula is C15H23NO3. The van der Waals surface area contributed by atoms with Gasteiger partial charge in [-0.3, -0.25) is 4.90 Å². The Morgan fingerprint density at radius 1 is 1.16 bits per heavy atom. The molecular weight excluding hydrogens is 242 g/mol. The minimum absolute atomic E-state index is 0.221. The monoisotopic (exact) mass is 265 g/mol. The molecule has 19 heavy (non-hydrogen) atoms.